The molecule has 0 fully saturated rings. The van der Waals surface area contributed by atoms with E-state index in [4.69, 9.17) is 9.47 Å². The van der Waals surface area contributed by atoms with Crippen LogP contribution in [0.2, 0.25) is 0 Å². The lowest BCUT2D eigenvalue weighted by molar-refractivity contribution is 0.101. The smallest absolute Gasteiger partial charge is 0.119 e. The molecule has 1 rings (SSSR count). The number of para-hydroxylation sites is 1. The summed E-state index contributed by atoms with van der Waals surface area (Å²) in [5.41, 5.74) is 0.400. The van der Waals surface area contributed by atoms with E-state index in [-0.39, 0.29) is 0 Å². The van der Waals surface area contributed by atoms with Crippen molar-refractivity contribution in [1.82, 2.24) is 5.32 Å². The Hall–Kier alpha value is -1.06. The van der Waals surface area contributed by atoms with Gasteiger partial charge >= 0.3 is 0 Å². The quantitative estimate of drug-likeness (QED) is 0.696. The normalized spacial score (nSPS) is 11.5. The first-order chi connectivity index (χ1) is 9.08. The highest BCUT2D eigenvalue weighted by molar-refractivity contribution is 5.20. The summed E-state index contributed by atoms with van der Waals surface area (Å²) < 4.78 is 11.0. The standard InChI is InChI=1S/C16H27NO2/c1-16(2,3)9-10-17-11-12-18-13-14-19-15-7-5-4-6-8-15/h4-8,17H,9-14H2,1-3H3. The first-order valence-electron chi connectivity index (χ1n) is 7.04. The van der Waals surface area contributed by atoms with E-state index < -0.39 is 0 Å². The molecule has 0 amide bonds. The molecule has 0 saturated heterocycles. The first kappa shape index (κ1) is 16.0. The molecule has 19 heavy (non-hydrogen) atoms. The zero-order valence-electron chi connectivity index (χ0n) is 12.4. The molecule has 0 saturated carbocycles. The number of rotatable bonds is 9. The van der Waals surface area contributed by atoms with Gasteiger partial charge in [0.25, 0.3) is 0 Å². The van der Waals surface area contributed by atoms with Crippen molar-refractivity contribution in [3.63, 3.8) is 0 Å². The van der Waals surface area contributed by atoms with Crippen LogP contribution in [0.25, 0.3) is 0 Å². The van der Waals surface area contributed by atoms with E-state index in [0.29, 0.717) is 18.6 Å². The maximum atomic E-state index is 5.53. The molecule has 0 spiro atoms. The molecule has 0 unspecified atom stereocenters. The van der Waals surface area contributed by atoms with Crippen LogP contribution in [0.15, 0.2) is 30.3 Å². The van der Waals surface area contributed by atoms with Crippen molar-refractivity contribution in [3.8, 4) is 5.75 Å². The molecule has 0 aliphatic carbocycles. The van der Waals surface area contributed by atoms with Crippen LogP contribution in [-0.4, -0.2) is 32.9 Å². The molecule has 3 nitrogen and oxygen atoms in total. The maximum absolute atomic E-state index is 5.53. The summed E-state index contributed by atoms with van der Waals surface area (Å²) in [5, 5.41) is 3.38. The van der Waals surface area contributed by atoms with Crippen molar-refractivity contribution < 1.29 is 9.47 Å². The van der Waals surface area contributed by atoms with Gasteiger partial charge in [-0.1, -0.05) is 39.0 Å². The third-order valence-electron chi connectivity index (χ3n) is 2.71. The number of benzene rings is 1. The number of ether oxygens (including phenoxy) is 2. The van der Waals surface area contributed by atoms with Crippen molar-refractivity contribution in [1.29, 1.82) is 0 Å². The predicted molar refractivity (Wildman–Crippen MR) is 79.7 cm³/mol. The lowest BCUT2D eigenvalue weighted by Crippen LogP contribution is -2.24. The highest BCUT2D eigenvalue weighted by Gasteiger charge is 2.08. The van der Waals surface area contributed by atoms with Gasteiger partial charge < -0.3 is 14.8 Å². The lowest BCUT2D eigenvalue weighted by Gasteiger charge is -2.18. The first-order valence-corrected chi connectivity index (χ1v) is 7.04. The molecule has 0 aromatic heterocycles. The number of nitrogens with one attached hydrogen (secondary N) is 1. The van der Waals surface area contributed by atoms with Gasteiger partial charge in [0.2, 0.25) is 0 Å². The van der Waals surface area contributed by atoms with Crippen LogP contribution >= 0.6 is 0 Å². The van der Waals surface area contributed by atoms with Gasteiger partial charge in [-0.2, -0.15) is 0 Å². The fourth-order valence-corrected chi connectivity index (χ4v) is 1.57. The summed E-state index contributed by atoms with van der Waals surface area (Å²) in [6, 6.07) is 9.82. The van der Waals surface area contributed by atoms with E-state index in [1.807, 2.05) is 30.3 Å². The van der Waals surface area contributed by atoms with Gasteiger partial charge in [0.05, 0.1) is 13.2 Å². The average Bonchev–Trinajstić information content (AvgIpc) is 2.37. The lowest BCUT2D eigenvalue weighted by atomic mass is 9.92. The molecule has 1 aromatic carbocycles. The molecule has 3 heteroatoms. The predicted octanol–water partition coefficient (Wildman–Crippen LogP) is 3.11. The van der Waals surface area contributed by atoms with Crippen molar-refractivity contribution in [2.75, 3.05) is 32.9 Å². The molecule has 0 aliphatic rings. The van der Waals surface area contributed by atoms with E-state index >= 15 is 0 Å². The van der Waals surface area contributed by atoms with Crippen LogP contribution in [0.3, 0.4) is 0 Å². The van der Waals surface area contributed by atoms with Crippen LogP contribution in [0.1, 0.15) is 27.2 Å². The van der Waals surface area contributed by atoms with Crippen molar-refractivity contribution in [2.45, 2.75) is 27.2 Å². The summed E-state index contributed by atoms with van der Waals surface area (Å²) in [5.74, 6) is 0.898. The Bertz CT molecular complexity index is 319. The number of hydrogen-bond donors (Lipinski definition) is 1. The second-order valence-electron chi connectivity index (χ2n) is 5.83. The van der Waals surface area contributed by atoms with Crippen molar-refractivity contribution in [2.24, 2.45) is 5.41 Å². The molecule has 1 aromatic rings. The summed E-state index contributed by atoms with van der Waals surface area (Å²) in [6.45, 7) is 10.7. The van der Waals surface area contributed by atoms with Gasteiger partial charge in [-0.3, -0.25) is 0 Å². The monoisotopic (exact) mass is 265 g/mol. The van der Waals surface area contributed by atoms with Gasteiger partial charge in [-0.15, -0.1) is 0 Å². The van der Waals surface area contributed by atoms with Crippen LogP contribution in [0, 0.1) is 5.41 Å². The molecule has 0 bridgehead atoms. The van der Waals surface area contributed by atoms with Gasteiger partial charge in [-0.25, -0.2) is 0 Å². The van der Waals surface area contributed by atoms with Gasteiger partial charge in [-0.05, 0) is 30.5 Å². The zero-order chi connectivity index (χ0) is 14.0. The third-order valence-corrected chi connectivity index (χ3v) is 2.71. The highest BCUT2D eigenvalue weighted by Crippen LogP contribution is 2.16. The molecule has 0 aliphatic heterocycles. The minimum atomic E-state index is 0.400. The minimum Gasteiger partial charge on any atom is -0.491 e. The Kier molecular flexibility index (Phi) is 7.53. The van der Waals surface area contributed by atoms with Crippen LogP contribution < -0.4 is 10.1 Å². The summed E-state index contributed by atoms with van der Waals surface area (Å²) in [6.07, 6.45) is 1.18. The average molecular weight is 265 g/mol. The molecule has 0 heterocycles. The van der Waals surface area contributed by atoms with E-state index in [2.05, 4.69) is 26.1 Å². The fraction of sp³-hybridized carbons (Fsp3) is 0.625. The topological polar surface area (TPSA) is 30.5 Å². The van der Waals surface area contributed by atoms with Crippen molar-refractivity contribution >= 4 is 0 Å². The Balaban J connectivity index is 1.87. The molecular weight excluding hydrogens is 238 g/mol. The molecular formula is C16H27NO2. The zero-order valence-corrected chi connectivity index (χ0v) is 12.4. The second-order valence-corrected chi connectivity index (χ2v) is 5.83. The maximum Gasteiger partial charge on any atom is 0.119 e. The van der Waals surface area contributed by atoms with Crippen LogP contribution in [-0.2, 0) is 4.74 Å². The summed E-state index contributed by atoms with van der Waals surface area (Å²) in [4.78, 5) is 0. The fourth-order valence-electron chi connectivity index (χ4n) is 1.57. The largest absolute Gasteiger partial charge is 0.491 e. The Labute approximate surface area is 117 Å². The third kappa shape index (κ3) is 9.51. The molecule has 1 N–H and O–H groups in total. The SMILES string of the molecule is CC(C)(C)CCNCCOCCOc1ccccc1. The Morgan fingerprint density at radius 2 is 1.68 bits per heavy atom. The van der Waals surface area contributed by atoms with Crippen LogP contribution in [0.5, 0.6) is 5.75 Å². The Morgan fingerprint density at radius 1 is 0.947 bits per heavy atom. The molecule has 0 radical (unpaired) electrons. The number of hydrogen-bond acceptors (Lipinski definition) is 3. The summed E-state index contributed by atoms with van der Waals surface area (Å²) in [7, 11) is 0. The summed E-state index contributed by atoms with van der Waals surface area (Å²) >= 11 is 0. The van der Waals surface area contributed by atoms with Crippen molar-refractivity contribution in [3.05, 3.63) is 30.3 Å². The Morgan fingerprint density at radius 3 is 2.37 bits per heavy atom. The highest BCUT2D eigenvalue weighted by atomic mass is 16.5. The molecule has 108 valence electrons. The van der Waals surface area contributed by atoms with Gasteiger partial charge in [0, 0.05) is 6.54 Å². The van der Waals surface area contributed by atoms with E-state index in [1.54, 1.807) is 0 Å². The second kappa shape index (κ2) is 8.94. The van der Waals surface area contributed by atoms with E-state index in [9.17, 15) is 0 Å². The van der Waals surface area contributed by atoms with Crippen LogP contribution in [0.4, 0.5) is 0 Å². The minimum absolute atomic E-state index is 0.400. The van der Waals surface area contributed by atoms with E-state index in [1.165, 1.54) is 6.42 Å². The molecule has 0 atom stereocenters. The van der Waals surface area contributed by atoms with Gasteiger partial charge in [0.15, 0.2) is 0 Å². The van der Waals surface area contributed by atoms with E-state index in [0.717, 1.165) is 25.4 Å². The van der Waals surface area contributed by atoms with Gasteiger partial charge in [0.1, 0.15) is 12.4 Å².